The Morgan fingerprint density at radius 1 is 1.27 bits per heavy atom. The lowest BCUT2D eigenvalue weighted by Gasteiger charge is -2.09. The first kappa shape index (κ1) is 19.3. The summed E-state index contributed by atoms with van der Waals surface area (Å²) < 4.78 is 48.3. The molecule has 1 aromatic carbocycles. The molecule has 7 nitrogen and oxygen atoms in total. The molecule has 2 aromatic rings. The molecule has 0 spiro atoms. The van der Waals surface area contributed by atoms with Gasteiger partial charge in [-0.25, -0.2) is 4.79 Å². The average molecular weight is 371 g/mol. The fourth-order valence-electron chi connectivity index (χ4n) is 1.96. The predicted octanol–water partition coefficient (Wildman–Crippen LogP) is 2.48. The standard InChI is InChI=1S/C16H16F3N3O4/c1-2-25-15(24)10-26-12-5-3-4-11(8-12)20-14(23)9-22-7-6-13(21-22)16(17,18)19/h3-8H,2,9-10H2,1H3,(H,20,23). The molecule has 0 aliphatic carbocycles. The number of benzene rings is 1. The Balaban J connectivity index is 1.91. The average Bonchev–Trinajstić information content (AvgIpc) is 3.02. The van der Waals surface area contributed by atoms with Crippen molar-refractivity contribution in [2.24, 2.45) is 0 Å². The van der Waals surface area contributed by atoms with Crippen LogP contribution in [-0.4, -0.2) is 34.9 Å². The molecule has 0 saturated carbocycles. The Labute approximate surface area is 146 Å². The highest BCUT2D eigenvalue weighted by molar-refractivity contribution is 5.90. The second kappa shape index (κ2) is 8.37. The molecule has 10 heteroatoms. The Hall–Kier alpha value is -3.04. The lowest BCUT2D eigenvalue weighted by Crippen LogP contribution is -2.20. The number of hydrogen-bond acceptors (Lipinski definition) is 5. The number of carbonyl (C=O) groups is 2. The minimum Gasteiger partial charge on any atom is -0.482 e. The van der Waals surface area contributed by atoms with Crippen LogP contribution in [0.15, 0.2) is 36.5 Å². The van der Waals surface area contributed by atoms with Crippen LogP contribution in [0.3, 0.4) is 0 Å². The second-order valence-electron chi connectivity index (χ2n) is 5.07. The van der Waals surface area contributed by atoms with E-state index in [4.69, 9.17) is 9.47 Å². The molecule has 0 aliphatic rings. The van der Waals surface area contributed by atoms with Gasteiger partial charge in [-0.15, -0.1) is 0 Å². The normalized spacial score (nSPS) is 11.1. The Morgan fingerprint density at radius 2 is 2.04 bits per heavy atom. The van der Waals surface area contributed by atoms with Crippen molar-refractivity contribution in [3.63, 3.8) is 0 Å². The summed E-state index contributed by atoms with van der Waals surface area (Å²) in [5, 5.41) is 5.82. The van der Waals surface area contributed by atoms with Gasteiger partial charge in [0.2, 0.25) is 5.91 Å². The van der Waals surface area contributed by atoms with E-state index in [9.17, 15) is 22.8 Å². The molecule has 0 radical (unpaired) electrons. The Kier molecular flexibility index (Phi) is 6.21. The Bertz CT molecular complexity index is 774. The molecule has 1 heterocycles. The predicted molar refractivity (Wildman–Crippen MR) is 84.4 cm³/mol. The number of aromatic nitrogens is 2. The first-order chi connectivity index (χ1) is 12.3. The third-order valence-corrected chi connectivity index (χ3v) is 3.02. The maximum atomic E-state index is 12.5. The SMILES string of the molecule is CCOC(=O)COc1cccc(NC(=O)Cn2ccc(C(F)(F)F)n2)c1. The summed E-state index contributed by atoms with van der Waals surface area (Å²) in [6.07, 6.45) is -3.49. The minimum atomic E-state index is -4.56. The van der Waals surface area contributed by atoms with Crippen LogP contribution in [0.4, 0.5) is 18.9 Å². The summed E-state index contributed by atoms with van der Waals surface area (Å²) in [4.78, 5) is 23.2. The van der Waals surface area contributed by atoms with Crippen molar-refractivity contribution in [1.29, 1.82) is 0 Å². The quantitative estimate of drug-likeness (QED) is 0.756. The number of carbonyl (C=O) groups excluding carboxylic acids is 2. The van der Waals surface area contributed by atoms with Gasteiger partial charge in [0, 0.05) is 18.0 Å². The van der Waals surface area contributed by atoms with Crippen molar-refractivity contribution in [2.75, 3.05) is 18.5 Å². The van der Waals surface area contributed by atoms with Gasteiger partial charge in [0.05, 0.1) is 6.61 Å². The number of alkyl halides is 3. The van der Waals surface area contributed by atoms with Gasteiger partial charge in [0.25, 0.3) is 0 Å². The number of nitrogens with one attached hydrogen (secondary N) is 1. The van der Waals surface area contributed by atoms with E-state index in [1.54, 1.807) is 25.1 Å². The van der Waals surface area contributed by atoms with Crippen LogP contribution in [0.1, 0.15) is 12.6 Å². The molecule has 1 amide bonds. The van der Waals surface area contributed by atoms with Gasteiger partial charge in [-0.2, -0.15) is 18.3 Å². The molecule has 0 bridgehead atoms. The third-order valence-electron chi connectivity index (χ3n) is 3.02. The zero-order valence-electron chi connectivity index (χ0n) is 13.7. The molecule has 0 atom stereocenters. The number of nitrogens with zero attached hydrogens (tertiary/aromatic N) is 2. The van der Waals surface area contributed by atoms with Crippen molar-refractivity contribution < 1.29 is 32.2 Å². The van der Waals surface area contributed by atoms with E-state index in [0.29, 0.717) is 11.4 Å². The molecule has 26 heavy (non-hydrogen) atoms. The first-order valence-electron chi connectivity index (χ1n) is 7.57. The molecule has 0 aliphatic heterocycles. The maximum Gasteiger partial charge on any atom is 0.435 e. The van der Waals surface area contributed by atoms with Crippen molar-refractivity contribution in [2.45, 2.75) is 19.6 Å². The van der Waals surface area contributed by atoms with Gasteiger partial charge in [-0.1, -0.05) is 6.07 Å². The fourth-order valence-corrected chi connectivity index (χ4v) is 1.96. The van der Waals surface area contributed by atoms with Gasteiger partial charge in [-0.05, 0) is 25.1 Å². The molecular formula is C16H16F3N3O4. The highest BCUT2D eigenvalue weighted by atomic mass is 19.4. The van der Waals surface area contributed by atoms with Crippen LogP contribution >= 0.6 is 0 Å². The summed E-state index contributed by atoms with van der Waals surface area (Å²) in [5.74, 6) is -0.764. The zero-order valence-corrected chi connectivity index (χ0v) is 13.7. The summed E-state index contributed by atoms with van der Waals surface area (Å²) >= 11 is 0. The number of ether oxygens (including phenoxy) is 2. The van der Waals surface area contributed by atoms with Crippen LogP contribution < -0.4 is 10.1 Å². The van der Waals surface area contributed by atoms with Crippen molar-refractivity contribution in [3.8, 4) is 5.75 Å². The molecule has 0 fully saturated rings. The minimum absolute atomic E-state index is 0.238. The van der Waals surface area contributed by atoms with E-state index in [0.717, 1.165) is 16.9 Å². The topological polar surface area (TPSA) is 82.5 Å². The van der Waals surface area contributed by atoms with Gasteiger partial charge in [-0.3, -0.25) is 9.48 Å². The van der Waals surface area contributed by atoms with Gasteiger partial charge in [0.15, 0.2) is 12.3 Å². The summed E-state index contributed by atoms with van der Waals surface area (Å²) in [6.45, 7) is 1.25. The van der Waals surface area contributed by atoms with E-state index in [-0.39, 0.29) is 19.8 Å². The van der Waals surface area contributed by atoms with Crippen molar-refractivity contribution in [3.05, 3.63) is 42.2 Å². The molecule has 1 aromatic heterocycles. The van der Waals surface area contributed by atoms with Gasteiger partial charge < -0.3 is 14.8 Å². The summed E-state index contributed by atoms with van der Waals surface area (Å²) in [6, 6.07) is 7.00. The van der Waals surface area contributed by atoms with Gasteiger partial charge in [0.1, 0.15) is 12.3 Å². The van der Waals surface area contributed by atoms with Crippen molar-refractivity contribution in [1.82, 2.24) is 9.78 Å². The maximum absolute atomic E-state index is 12.5. The largest absolute Gasteiger partial charge is 0.482 e. The van der Waals surface area contributed by atoms with Gasteiger partial charge >= 0.3 is 12.1 Å². The van der Waals surface area contributed by atoms with Crippen LogP contribution in [0.25, 0.3) is 0 Å². The number of halogens is 3. The van der Waals surface area contributed by atoms with E-state index >= 15 is 0 Å². The number of rotatable bonds is 7. The lowest BCUT2D eigenvalue weighted by molar-refractivity contribution is -0.145. The number of hydrogen-bond donors (Lipinski definition) is 1. The fraction of sp³-hybridized carbons (Fsp3) is 0.312. The van der Waals surface area contributed by atoms with Crippen LogP contribution in [0.5, 0.6) is 5.75 Å². The summed E-state index contributed by atoms with van der Waals surface area (Å²) in [5.41, 5.74) is -0.709. The number of anilines is 1. The highest BCUT2D eigenvalue weighted by Crippen LogP contribution is 2.27. The molecular weight excluding hydrogens is 355 g/mol. The second-order valence-corrected chi connectivity index (χ2v) is 5.07. The van der Waals surface area contributed by atoms with E-state index in [2.05, 4.69) is 10.4 Å². The van der Waals surface area contributed by atoms with Crippen LogP contribution in [0, 0.1) is 0 Å². The highest BCUT2D eigenvalue weighted by Gasteiger charge is 2.33. The lowest BCUT2D eigenvalue weighted by atomic mass is 10.3. The third kappa shape index (κ3) is 5.80. The molecule has 0 unspecified atom stereocenters. The molecule has 2 rings (SSSR count). The van der Waals surface area contributed by atoms with E-state index < -0.39 is 23.7 Å². The molecule has 0 saturated heterocycles. The van der Waals surface area contributed by atoms with E-state index in [1.807, 2.05) is 0 Å². The molecule has 1 N–H and O–H groups in total. The zero-order chi connectivity index (χ0) is 19.2. The monoisotopic (exact) mass is 371 g/mol. The number of esters is 1. The van der Waals surface area contributed by atoms with Crippen LogP contribution in [-0.2, 0) is 27.0 Å². The van der Waals surface area contributed by atoms with E-state index in [1.165, 1.54) is 6.07 Å². The molecule has 140 valence electrons. The Morgan fingerprint density at radius 3 is 2.69 bits per heavy atom. The first-order valence-corrected chi connectivity index (χ1v) is 7.57. The number of amides is 1. The van der Waals surface area contributed by atoms with Crippen molar-refractivity contribution >= 4 is 17.6 Å². The summed E-state index contributed by atoms with van der Waals surface area (Å²) in [7, 11) is 0. The smallest absolute Gasteiger partial charge is 0.435 e. The van der Waals surface area contributed by atoms with Crippen LogP contribution in [0.2, 0.25) is 0 Å².